The van der Waals surface area contributed by atoms with Crippen molar-refractivity contribution in [3.63, 3.8) is 0 Å². The second kappa shape index (κ2) is 6.85. The molecule has 0 bridgehead atoms. The average molecular weight is 330 g/mol. The molecular formula is C20H30N2O2. The minimum atomic E-state index is -0.624. The zero-order chi connectivity index (χ0) is 17.2. The van der Waals surface area contributed by atoms with E-state index in [-0.39, 0.29) is 5.91 Å². The Hall–Kier alpha value is -1.39. The summed E-state index contributed by atoms with van der Waals surface area (Å²) in [5.41, 5.74) is 5.90. The van der Waals surface area contributed by atoms with Crippen LogP contribution in [0.2, 0.25) is 0 Å². The molecular weight excluding hydrogens is 300 g/mol. The summed E-state index contributed by atoms with van der Waals surface area (Å²) < 4.78 is 0. The van der Waals surface area contributed by atoms with E-state index in [1.165, 1.54) is 5.56 Å². The Balaban J connectivity index is 1.57. The quantitative estimate of drug-likeness (QED) is 0.892. The molecule has 1 aromatic carbocycles. The third-order valence-corrected chi connectivity index (χ3v) is 6.08. The van der Waals surface area contributed by atoms with Crippen molar-refractivity contribution in [1.29, 1.82) is 0 Å². The van der Waals surface area contributed by atoms with E-state index in [9.17, 15) is 9.90 Å². The Kier molecular flexibility index (Phi) is 4.97. The molecule has 2 fully saturated rings. The van der Waals surface area contributed by atoms with E-state index in [0.717, 1.165) is 45.1 Å². The molecule has 1 heterocycles. The minimum absolute atomic E-state index is 0.216. The van der Waals surface area contributed by atoms with E-state index < -0.39 is 11.0 Å². The van der Waals surface area contributed by atoms with Crippen LogP contribution in [0.15, 0.2) is 30.3 Å². The lowest BCUT2D eigenvalue weighted by molar-refractivity contribution is -0.131. The van der Waals surface area contributed by atoms with E-state index in [1.54, 1.807) is 0 Å². The fourth-order valence-electron chi connectivity index (χ4n) is 4.47. The van der Waals surface area contributed by atoms with Crippen molar-refractivity contribution in [3.8, 4) is 0 Å². The topological polar surface area (TPSA) is 66.6 Å². The fourth-order valence-corrected chi connectivity index (χ4v) is 4.47. The van der Waals surface area contributed by atoms with Gasteiger partial charge < -0.3 is 10.8 Å². The maximum absolute atomic E-state index is 11.7. The van der Waals surface area contributed by atoms with Crippen LogP contribution in [0.5, 0.6) is 0 Å². The summed E-state index contributed by atoms with van der Waals surface area (Å²) in [4.78, 5) is 14.0. The number of nitrogens with two attached hydrogens (primary N) is 1. The number of benzene rings is 1. The molecule has 1 aliphatic heterocycles. The van der Waals surface area contributed by atoms with Crippen molar-refractivity contribution in [3.05, 3.63) is 35.9 Å². The average Bonchev–Trinajstić information content (AvgIpc) is 2.56. The van der Waals surface area contributed by atoms with Gasteiger partial charge in [0, 0.05) is 13.1 Å². The largest absolute Gasteiger partial charge is 0.389 e. The smallest absolute Gasteiger partial charge is 0.224 e. The van der Waals surface area contributed by atoms with Crippen molar-refractivity contribution in [2.45, 2.75) is 57.0 Å². The number of hydrogen-bond donors (Lipinski definition) is 2. The molecule has 3 N–H and O–H groups in total. The number of piperidine rings is 1. The van der Waals surface area contributed by atoms with Gasteiger partial charge in [-0.1, -0.05) is 30.3 Å². The van der Waals surface area contributed by atoms with Gasteiger partial charge in [-0.05, 0) is 63.5 Å². The van der Waals surface area contributed by atoms with Crippen LogP contribution in [0.3, 0.4) is 0 Å². The first-order valence-corrected chi connectivity index (χ1v) is 9.20. The van der Waals surface area contributed by atoms with Gasteiger partial charge in [0.05, 0.1) is 11.0 Å². The molecule has 1 aromatic rings. The number of β-amino-alcohol motifs (C(OH)–C–C–N with tert-alkyl or cyclic N) is 1. The maximum atomic E-state index is 11.7. The number of amides is 1. The van der Waals surface area contributed by atoms with Gasteiger partial charge in [-0.15, -0.1) is 0 Å². The Morgan fingerprint density at radius 3 is 2.54 bits per heavy atom. The fraction of sp³-hybridized carbons (Fsp3) is 0.650. The highest BCUT2D eigenvalue weighted by Crippen LogP contribution is 2.39. The van der Waals surface area contributed by atoms with Crippen LogP contribution in [-0.2, 0) is 4.79 Å². The van der Waals surface area contributed by atoms with E-state index in [1.807, 2.05) is 6.92 Å². The second-order valence-electron chi connectivity index (χ2n) is 8.15. The van der Waals surface area contributed by atoms with Crippen LogP contribution in [0.25, 0.3) is 0 Å². The number of carbonyl (C=O) groups is 1. The van der Waals surface area contributed by atoms with Gasteiger partial charge in [0.1, 0.15) is 0 Å². The number of primary amides is 1. The summed E-state index contributed by atoms with van der Waals surface area (Å²) in [6.45, 7) is 4.25. The Bertz CT molecular complexity index is 566. The minimum Gasteiger partial charge on any atom is -0.389 e. The van der Waals surface area contributed by atoms with Crippen LogP contribution in [0, 0.1) is 5.41 Å². The molecule has 24 heavy (non-hydrogen) atoms. The molecule has 1 amide bonds. The van der Waals surface area contributed by atoms with Crippen molar-refractivity contribution in [1.82, 2.24) is 4.90 Å². The van der Waals surface area contributed by atoms with Crippen LogP contribution >= 0.6 is 0 Å². The van der Waals surface area contributed by atoms with Gasteiger partial charge in [-0.3, -0.25) is 9.69 Å². The van der Waals surface area contributed by atoms with Crippen molar-refractivity contribution in [2.75, 3.05) is 19.6 Å². The number of nitrogens with zero attached hydrogens (tertiary/aromatic N) is 1. The Morgan fingerprint density at radius 1 is 1.25 bits per heavy atom. The van der Waals surface area contributed by atoms with Gasteiger partial charge in [0.15, 0.2) is 0 Å². The summed E-state index contributed by atoms with van der Waals surface area (Å²) >= 11 is 0. The molecule has 1 saturated heterocycles. The van der Waals surface area contributed by atoms with Gasteiger partial charge in [-0.2, -0.15) is 0 Å². The number of aliphatic hydroxyl groups is 1. The molecule has 0 unspecified atom stereocenters. The highest BCUT2D eigenvalue weighted by Gasteiger charge is 2.40. The highest BCUT2D eigenvalue weighted by atomic mass is 16.3. The second-order valence-corrected chi connectivity index (χ2v) is 8.15. The molecule has 1 atom stereocenters. The zero-order valence-electron chi connectivity index (χ0n) is 14.7. The van der Waals surface area contributed by atoms with Crippen LogP contribution in [0.4, 0.5) is 0 Å². The summed E-state index contributed by atoms with van der Waals surface area (Å²) in [6, 6.07) is 10.6. The summed E-state index contributed by atoms with van der Waals surface area (Å²) in [6.07, 6.45) is 5.55. The SMILES string of the molecule is C[C@]1(C(N)=O)CCCN(CC2(O)CCC(c3ccccc3)CC2)C1. The van der Waals surface area contributed by atoms with E-state index >= 15 is 0 Å². The zero-order valence-corrected chi connectivity index (χ0v) is 14.7. The summed E-state index contributed by atoms with van der Waals surface area (Å²) in [5, 5.41) is 11.0. The summed E-state index contributed by atoms with van der Waals surface area (Å²) in [7, 11) is 0. The Labute approximate surface area is 145 Å². The van der Waals surface area contributed by atoms with Crippen molar-refractivity contribution in [2.24, 2.45) is 11.1 Å². The summed E-state index contributed by atoms with van der Waals surface area (Å²) in [5.74, 6) is 0.343. The van der Waals surface area contributed by atoms with Gasteiger partial charge in [-0.25, -0.2) is 0 Å². The maximum Gasteiger partial charge on any atom is 0.224 e. The highest BCUT2D eigenvalue weighted by molar-refractivity contribution is 5.80. The number of likely N-dealkylation sites (tertiary alicyclic amines) is 1. The predicted molar refractivity (Wildman–Crippen MR) is 95.6 cm³/mol. The molecule has 2 aliphatic rings. The molecule has 1 saturated carbocycles. The molecule has 1 aliphatic carbocycles. The van der Waals surface area contributed by atoms with Crippen molar-refractivity contribution < 1.29 is 9.90 Å². The molecule has 0 radical (unpaired) electrons. The Morgan fingerprint density at radius 2 is 1.92 bits per heavy atom. The normalized spacial score (nSPS) is 34.8. The lowest BCUT2D eigenvalue weighted by Gasteiger charge is -2.44. The molecule has 4 heteroatoms. The van der Waals surface area contributed by atoms with E-state index in [2.05, 4.69) is 35.2 Å². The molecule has 0 aromatic heterocycles. The predicted octanol–water partition coefficient (Wildman–Crippen LogP) is 2.66. The van der Waals surface area contributed by atoms with Gasteiger partial charge >= 0.3 is 0 Å². The standard InChI is InChI=1S/C20H30N2O2/c1-19(18(21)23)10-5-13-22(14-19)15-20(24)11-8-17(9-12-20)16-6-3-2-4-7-16/h2-4,6-7,17,24H,5,8-15H2,1H3,(H2,21,23)/t17?,19-,20?/m0/s1. The number of rotatable bonds is 4. The number of carbonyl (C=O) groups excluding carboxylic acids is 1. The molecule has 132 valence electrons. The van der Waals surface area contributed by atoms with Crippen LogP contribution in [0.1, 0.15) is 56.9 Å². The van der Waals surface area contributed by atoms with Gasteiger partial charge in [0.25, 0.3) is 0 Å². The first kappa shape index (κ1) is 17.4. The third-order valence-electron chi connectivity index (χ3n) is 6.08. The number of hydrogen-bond acceptors (Lipinski definition) is 3. The van der Waals surface area contributed by atoms with E-state index in [4.69, 9.17) is 5.73 Å². The molecule has 0 spiro atoms. The monoisotopic (exact) mass is 330 g/mol. The first-order chi connectivity index (χ1) is 11.4. The third kappa shape index (κ3) is 3.81. The molecule has 3 rings (SSSR count). The molecule has 4 nitrogen and oxygen atoms in total. The van der Waals surface area contributed by atoms with Crippen LogP contribution in [-0.4, -0.2) is 41.1 Å². The van der Waals surface area contributed by atoms with Gasteiger partial charge in [0.2, 0.25) is 5.91 Å². The first-order valence-electron chi connectivity index (χ1n) is 9.20. The van der Waals surface area contributed by atoms with Crippen molar-refractivity contribution >= 4 is 5.91 Å². The van der Waals surface area contributed by atoms with E-state index in [0.29, 0.717) is 19.0 Å². The lowest BCUT2D eigenvalue weighted by Crippen LogP contribution is -2.53. The lowest BCUT2D eigenvalue weighted by atomic mass is 9.75. The van der Waals surface area contributed by atoms with Crippen LogP contribution < -0.4 is 5.73 Å².